The lowest BCUT2D eigenvalue weighted by Crippen LogP contribution is -2.34. The van der Waals surface area contributed by atoms with E-state index < -0.39 is 9.84 Å². The van der Waals surface area contributed by atoms with Crippen LogP contribution in [0.2, 0.25) is 0 Å². The Kier molecular flexibility index (Phi) is 6.31. The molecule has 14 heavy (non-hydrogen) atoms. The molecule has 0 aromatic rings. The van der Waals surface area contributed by atoms with Crippen LogP contribution >= 0.6 is 0 Å². The first-order valence-corrected chi connectivity index (χ1v) is 7.05. The van der Waals surface area contributed by atoms with Gasteiger partial charge in [-0.1, -0.05) is 13.8 Å². The van der Waals surface area contributed by atoms with Crippen molar-refractivity contribution in [3.63, 3.8) is 0 Å². The molecule has 0 saturated heterocycles. The summed E-state index contributed by atoms with van der Waals surface area (Å²) in [6.07, 6.45) is 1.27. The quantitative estimate of drug-likeness (QED) is 0.656. The van der Waals surface area contributed by atoms with Gasteiger partial charge in [-0.2, -0.15) is 0 Å². The van der Waals surface area contributed by atoms with E-state index in [1.165, 1.54) is 6.26 Å². The summed E-state index contributed by atoms with van der Waals surface area (Å²) < 4.78 is 21.9. The van der Waals surface area contributed by atoms with Crippen molar-refractivity contribution in [2.75, 3.05) is 38.2 Å². The molecule has 1 unspecified atom stereocenters. The van der Waals surface area contributed by atoms with E-state index in [1.807, 2.05) is 6.92 Å². The smallest absolute Gasteiger partial charge is 0.148 e. The van der Waals surface area contributed by atoms with Gasteiger partial charge in [0, 0.05) is 19.3 Å². The first kappa shape index (κ1) is 13.9. The Hall–Kier alpha value is -0.130. The second-order valence-electron chi connectivity index (χ2n) is 3.86. The normalized spacial score (nSPS) is 14.6. The van der Waals surface area contributed by atoms with Gasteiger partial charge >= 0.3 is 0 Å². The van der Waals surface area contributed by atoms with E-state index in [-0.39, 0.29) is 5.75 Å². The summed E-state index contributed by atoms with van der Waals surface area (Å²) in [5, 5.41) is 0. The van der Waals surface area contributed by atoms with Crippen molar-refractivity contribution >= 4 is 9.84 Å². The van der Waals surface area contributed by atoms with Gasteiger partial charge in [0.25, 0.3) is 0 Å². The van der Waals surface area contributed by atoms with E-state index in [1.54, 1.807) is 0 Å². The van der Waals surface area contributed by atoms with E-state index >= 15 is 0 Å². The van der Waals surface area contributed by atoms with E-state index in [0.717, 1.165) is 13.1 Å². The van der Waals surface area contributed by atoms with Crippen LogP contribution in [0.25, 0.3) is 0 Å². The Balaban J connectivity index is 3.92. The molecule has 86 valence electrons. The van der Waals surface area contributed by atoms with Crippen LogP contribution in [-0.4, -0.2) is 51.5 Å². The fourth-order valence-corrected chi connectivity index (χ4v) is 1.78. The van der Waals surface area contributed by atoms with Gasteiger partial charge in [0.2, 0.25) is 0 Å². The van der Waals surface area contributed by atoms with Gasteiger partial charge in [0.1, 0.15) is 9.84 Å². The maximum absolute atomic E-state index is 11.0. The zero-order valence-corrected chi connectivity index (χ0v) is 10.2. The predicted molar refractivity (Wildman–Crippen MR) is 60.0 cm³/mol. The molecule has 0 rings (SSSR count). The van der Waals surface area contributed by atoms with Crippen LogP contribution in [0.15, 0.2) is 0 Å². The second-order valence-corrected chi connectivity index (χ2v) is 6.12. The highest BCUT2D eigenvalue weighted by molar-refractivity contribution is 7.90. The highest BCUT2D eigenvalue weighted by Gasteiger charge is 2.10. The molecule has 0 radical (unpaired) electrons. The summed E-state index contributed by atoms with van der Waals surface area (Å²) in [5.41, 5.74) is 5.51. The molecule has 0 aromatic heterocycles. The van der Waals surface area contributed by atoms with Crippen molar-refractivity contribution in [3.8, 4) is 0 Å². The Labute approximate surface area is 87.4 Å². The summed E-state index contributed by atoms with van der Waals surface area (Å²) >= 11 is 0. The zero-order chi connectivity index (χ0) is 11.2. The van der Waals surface area contributed by atoms with Gasteiger partial charge in [-0.15, -0.1) is 0 Å². The largest absolute Gasteiger partial charge is 0.330 e. The van der Waals surface area contributed by atoms with Crippen molar-refractivity contribution in [1.82, 2.24) is 4.90 Å². The number of rotatable bonds is 7. The Morgan fingerprint density at radius 1 is 1.43 bits per heavy atom. The molecule has 5 heteroatoms. The maximum Gasteiger partial charge on any atom is 0.148 e. The van der Waals surface area contributed by atoms with E-state index in [4.69, 9.17) is 5.73 Å². The fourth-order valence-electron chi connectivity index (χ4n) is 1.19. The Bertz CT molecular complexity index is 239. The molecular weight excluding hydrogens is 200 g/mol. The van der Waals surface area contributed by atoms with Crippen molar-refractivity contribution in [1.29, 1.82) is 0 Å². The lowest BCUT2D eigenvalue weighted by Gasteiger charge is -2.22. The summed E-state index contributed by atoms with van der Waals surface area (Å²) in [6, 6.07) is 0. The standard InChI is InChI=1S/C9H22N2O2S/c1-4-11(8-9(2)7-10)5-6-14(3,12)13/h9H,4-8,10H2,1-3H3. The minimum atomic E-state index is -2.84. The van der Waals surface area contributed by atoms with Crippen LogP contribution < -0.4 is 5.73 Å². The average Bonchev–Trinajstić information content (AvgIpc) is 2.10. The van der Waals surface area contributed by atoms with Crippen LogP contribution in [0.3, 0.4) is 0 Å². The van der Waals surface area contributed by atoms with Crippen LogP contribution in [0.5, 0.6) is 0 Å². The minimum absolute atomic E-state index is 0.234. The first-order chi connectivity index (χ1) is 6.39. The molecule has 0 spiro atoms. The molecule has 0 aliphatic heterocycles. The molecule has 2 N–H and O–H groups in total. The first-order valence-electron chi connectivity index (χ1n) is 4.99. The summed E-state index contributed by atoms with van der Waals surface area (Å²) in [7, 11) is -2.84. The van der Waals surface area contributed by atoms with Crippen molar-refractivity contribution < 1.29 is 8.42 Å². The fraction of sp³-hybridized carbons (Fsp3) is 1.00. The number of nitrogens with zero attached hydrogens (tertiary/aromatic N) is 1. The van der Waals surface area contributed by atoms with E-state index in [2.05, 4.69) is 11.8 Å². The lowest BCUT2D eigenvalue weighted by molar-refractivity contribution is 0.264. The van der Waals surface area contributed by atoms with Crippen LogP contribution in [0, 0.1) is 5.92 Å². The third-order valence-corrected chi connectivity index (χ3v) is 3.12. The van der Waals surface area contributed by atoms with Gasteiger partial charge in [0.05, 0.1) is 5.75 Å². The molecule has 0 aliphatic carbocycles. The molecule has 0 aliphatic rings. The molecule has 4 nitrogen and oxygen atoms in total. The minimum Gasteiger partial charge on any atom is -0.330 e. The molecule has 0 fully saturated rings. The van der Waals surface area contributed by atoms with Crippen LogP contribution in [-0.2, 0) is 9.84 Å². The Morgan fingerprint density at radius 2 is 2.00 bits per heavy atom. The van der Waals surface area contributed by atoms with Crippen molar-refractivity contribution in [2.45, 2.75) is 13.8 Å². The SMILES string of the molecule is CCN(CCS(C)(=O)=O)CC(C)CN. The second kappa shape index (κ2) is 6.37. The predicted octanol–water partition coefficient (Wildman–Crippen LogP) is -0.0523. The monoisotopic (exact) mass is 222 g/mol. The van der Waals surface area contributed by atoms with Gasteiger partial charge in [-0.3, -0.25) is 0 Å². The molecule has 0 amide bonds. The highest BCUT2D eigenvalue weighted by atomic mass is 32.2. The molecule has 0 heterocycles. The van der Waals surface area contributed by atoms with Gasteiger partial charge in [-0.05, 0) is 19.0 Å². The van der Waals surface area contributed by atoms with Crippen LogP contribution in [0.4, 0.5) is 0 Å². The van der Waals surface area contributed by atoms with Gasteiger partial charge in [0.15, 0.2) is 0 Å². The maximum atomic E-state index is 11.0. The van der Waals surface area contributed by atoms with Crippen molar-refractivity contribution in [2.24, 2.45) is 11.7 Å². The summed E-state index contributed by atoms with van der Waals surface area (Å²) in [6.45, 7) is 7.12. The molecule has 0 aromatic carbocycles. The van der Waals surface area contributed by atoms with Crippen LogP contribution in [0.1, 0.15) is 13.8 Å². The number of sulfone groups is 1. The van der Waals surface area contributed by atoms with Gasteiger partial charge in [-0.25, -0.2) is 8.42 Å². The summed E-state index contributed by atoms with van der Waals surface area (Å²) in [5.74, 6) is 0.660. The molecule has 1 atom stereocenters. The zero-order valence-electron chi connectivity index (χ0n) is 9.36. The summed E-state index contributed by atoms with van der Waals surface area (Å²) in [4.78, 5) is 2.12. The third-order valence-electron chi connectivity index (χ3n) is 2.20. The number of hydrogen-bond donors (Lipinski definition) is 1. The number of hydrogen-bond acceptors (Lipinski definition) is 4. The topological polar surface area (TPSA) is 63.4 Å². The molecule has 0 saturated carbocycles. The third kappa shape index (κ3) is 7.29. The van der Waals surface area contributed by atoms with E-state index in [9.17, 15) is 8.42 Å². The highest BCUT2D eigenvalue weighted by Crippen LogP contribution is 1.98. The number of nitrogens with two attached hydrogens (primary N) is 1. The average molecular weight is 222 g/mol. The van der Waals surface area contributed by atoms with Gasteiger partial charge < -0.3 is 10.6 Å². The Morgan fingerprint density at radius 3 is 2.36 bits per heavy atom. The lowest BCUT2D eigenvalue weighted by atomic mass is 10.2. The molecule has 0 bridgehead atoms. The van der Waals surface area contributed by atoms with E-state index in [0.29, 0.717) is 19.0 Å². The molecular formula is C9H22N2O2S. The van der Waals surface area contributed by atoms with Crippen molar-refractivity contribution in [3.05, 3.63) is 0 Å².